The molecule has 0 aliphatic carbocycles. The molecule has 0 unspecified atom stereocenters. The number of aliphatic carboxylic acids is 1. The molecule has 0 fully saturated rings. The van der Waals surface area contributed by atoms with E-state index in [1.165, 1.54) is 0 Å². The summed E-state index contributed by atoms with van der Waals surface area (Å²) in [6, 6.07) is 2.57. The van der Waals surface area contributed by atoms with E-state index in [4.69, 9.17) is 10.4 Å². The lowest BCUT2D eigenvalue weighted by Crippen LogP contribution is -2.08. The zero-order valence-electron chi connectivity index (χ0n) is 7.75. The first kappa shape index (κ1) is 12.8. The molecule has 0 aliphatic heterocycles. The predicted octanol–water partition coefficient (Wildman–Crippen LogP) is 2.12. The lowest BCUT2D eigenvalue weighted by molar-refractivity contribution is -0.136. The third-order valence-corrected chi connectivity index (χ3v) is 2.68. The van der Waals surface area contributed by atoms with Crippen molar-refractivity contribution in [3.63, 3.8) is 0 Å². The highest BCUT2D eigenvalue weighted by Gasteiger charge is 2.20. The maximum absolute atomic E-state index is 12.6. The number of aromatic nitrogens is 1. The first-order valence-corrected chi connectivity index (χ1v) is 5.13. The molecule has 84 valence electrons. The minimum atomic E-state index is -2.82. The molecule has 4 nitrogen and oxygen atoms in total. The molecule has 0 aliphatic rings. The molecule has 0 atom stereocenters. The van der Waals surface area contributed by atoms with Crippen LogP contribution in [0.1, 0.15) is 23.2 Å². The van der Waals surface area contributed by atoms with Crippen molar-refractivity contribution in [2.75, 3.05) is 0 Å². The van der Waals surface area contributed by atoms with E-state index in [0.717, 1.165) is 6.07 Å². The lowest BCUT2D eigenvalue weighted by Gasteiger charge is -2.08. The van der Waals surface area contributed by atoms with Gasteiger partial charge in [-0.25, -0.2) is 13.8 Å². The van der Waals surface area contributed by atoms with Crippen molar-refractivity contribution in [1.82, 2.24) is 4.98 Å². The fraction of sp³-hybridized carbons (Fsp3) is 0.222. The molecule has 1 N–H and O–H groups in total. The Morgan fingerprint density at radius 3 is 2.75 bits per heavy atom. The monoisotopic (exact) mass is 338 g/mol. The maximum atomic E-state index is 12.6. The van der Waals surface area contributed by atoms with Gasteiger partial charge in [-0.15, -0.1) is 0 Å². The zero-order valence-corrected chi connectivity index (χ0v) is 9.90. The molecular formula is C9H5F2IN2O2. The summed E-state index contributed by atoms with van der Waals surface area (Å²) in [5.74, 6) is -1.22. The fourth-order valence-electron chi connectivity index (χ4n) is 1.14. The van der Waals surface area contributed by atoms with E-state index < -0.39 is 24.4 Å². The van der Waals surface area contributed by atoms with Gasteiger partial charge in [0.1, 0.15) is 15.5 Å². The van der Waals surface area contributed by atoms with Crippen LogP contribution in [0.4, 0.5) is 8.78 Å². The van der Waals surface area contributed by atoms with Crippen molar-refractivity contribution in [2.24, 2.45) is 0 Å². The first-order chi connectivity index (χ1) is 7.45. The molecule has 1 aromatic rings. The van der Waals surface area contributed by atoms with Crippen LogP contribution in [-0.4, -0.2) is 16.1 Å². The number of halogens is 3. The summed E-state index contributed by atoms with van der Waals surface area (Å²) >= 11 is 1.64. The number of hydrogen-bond donors (Lipinski definition) is 1. The number of carboxylic acid groups (broad SMARTS) is 1. The second kappa shape index (κ2) is 5.16. The Labute approximate surface area is 103 Å². The molecule has 0 bridgehead atoms. The molecule has 1 aromatic heterocycles. The number of alkyl halides is 2. The van der Waals surface area contributed by atoms with E-state index in [-0.39, 0.29) is 15.0 Å². The van der Waals surface area contributed by atoms with Crippen molar-refractivity contribution in [3.05, 3.63) is 26.6 Å². The Balaban J connectivity index is 3.35. The minimum absolute atomic E-state index is 0.0397. The Bertz CT molecular complexity index is 471. The molecule has 0 aromatic carbocycles. The molecule has 1 rings (SSSR count). The summed E-state index contributed by atoms with van der Waals surface area (Å²) in [5.41, 5.74) is -0.630. The number of hydrogen-bond acceptors (Lipinski definition) is 3. The Morgan fingerprint density at radius 1 is 1.69 bits per heavy atom. The van der Waals surface area contributed by atoms with E-state index >= 15 is 0 Å². The van der Waals surface area contributed by atoms with Gasteiger partial charge in [0, 0.05) is 11.1 Å². The number of carbonyl (C=O) groups is 1. The van der Waals surface area contributed by atoms with Crippen LogP contribution in [0.3, 0.4) is 0 Å². The molecule has 0 amide bonds. The van der Waals surface area contributed by atoms with Crippen molar-refractivity contribution in [2.45, 2.75) is 12.8 Å². The van der Waals surface area contributed by atoms with Crippen molar-refractivity contribution in [1.29, 1.82) is 5.26 Å². The van der Waals surface area contributed by atoms with Crippen molar-refractivity contribution in [3.8, 4) is 6.07 Å². The third kappa shape index (κ3) is 2.85. The number of nitriles is 1. The molecule has 16 heavy (non-hydrogen) atoms. The quantitative estimate of drug-likeness (QED) is 0.677. The highest BCUT2D eigenvalue weighted by Crippen LogP contribution is 2.26. The minimum Gasteiger partial charge on any atom is -0.481 e. The molecular weight excluding hydrogens is 333 g/mol. The van der Waals surface area contributed by atoms with Crippen LogP contribution in [0, 0.1) is 15.0 Å². The smallest absolute Gasteiger partial charge is 0.307 e. The number of pyridine rings is 1. The average Bonchev–Trinajstić information content (AvgIpc) is 2.19. The second-order valence-corrected chi connectivity index (χ2v) is 3.87. The van der Waals surface area contributed by atoms with Gasteiger partial charge in [0.05, 0.1) is 6.42 Å². The summed E-state index contributed by atoms with van der Waals surface area (Å²) in [4.78, 5) is 14.2. The van der Waals surface area contributed by atoms with E-state index in [1.54, 1.807) is 28.7 Å². The normalized spacial score (nSPS) is 10.2. The Kier molecular flexibility index (Phi) is 4.12. The second-order valence-electron chi connectivity index (χ2n) is 2.85. The van der Waals surface area contributed by atoms with Gasteiger partial charge in [0.25, 0.3) is 6.43 Å². The van der Waals surface area contributed by atoms with Crippen LogP contribution in [-0.2, 0) is 11.2 Å². The first-order valence-electron chi connectivity index (χ1n) is 4.05. The van der Waals surface area contributed by atoms with Gasteiger partial charge >= 0.3 is 5.97 Å². The van der Waals surface area contributed by atoms with Crippen molar-refractivity contribution < 1.29 is 18.7 Å². The molecule has 0 radical (unpaired) electrons. The van der Waals surface area contributed by atoms with Gasteiger partial charge < -0.3 is 5.11 Å². The van der Waals surface area contributed by atoms with Gasteiger partial charge in [-0.05, 0) is 28.7 Å². The highest BCUT2D eigenvalue weighted by molar-refractivity contribution is 14.1. The number of carboxylic acids is 1. The number of nitrogens with zero attached hydrogens (tertiary/aromatic N) is 2. The SMILES string of the molecule is N#Cc1cc(C(F)F)c(CC(=O)O)c(I)n1. The topological polar surface area (TPSA) is 74.0 Å². The summed E-state index contributed by atoms with van der Waals surface area (Å²) in [6.45, 7) is 0. The van der Waals surface area contributed by atoms with Crippen LogP contribution in [0.2, 0.25) is 0 Å². The van der Waals surface area contributed by atoms with Gasteiger partial charge in [-0.3, -0.25) is 4.79 Å². The average molecular weight is 338 g/mol. The van der Waals surface area contributed by atoms with Crippen LogP contribution < -0.4 is 0 Å². The standard InChI is InChI=1S/C9H5F2IN2O2/c10-8(11)5-1-4(3-13)14-9(12)6(5)2-7(15)16/h1,8H,2H2,(H,15,16). The Morgan fingerprint density at radius 2 is 2.31 bits per heavy atom. The van der Waals surface area contributed by atoms with Crippen LogP contribution in [0.25, 0.3) is 0 Å². The van der Waals surface area contributed by atoms with Gasteiger partial charge in [0.15, 0.2) is 0 Å². The van der Waals surface area contributed by atoms with E-state index in [1.807, 2.05) is 0 Å². The lowest BCUT2D eigenvalue weighted by atomic mass is 10.1. The molecule has 0 saturated heterocycles. The molecule has 1 heterocycles. The van der Waals surface area contributed by atoms with Gasteiger partial charge in [-0.1, -0.05) is 0 Å². The predicted molar refractivity (Wildman–Crippen MR) is 58.0 cm³/mol. The summed E-state index contributed by atoms with van der Waals surface area (Å²) in [6.07, 6.45) is -3.35. The van der Waals surface area contributed by atoms with Crippen LogP contribution in [0.5, 0.6) is 0 Å². The van der Waals surface area contributed by atoms with Crippen LogP contribution >= 0.6 is 22.6 Å². The van der Waals surface area contributed by atoms with Gasteiger partial charge in [-0.2, -0.15) is 5.26 Å². The number of rotatable bonds is 3. The van der Waals surface area contributed by atoms with Crippen LogP contribution in [0.15, 0.2) is 6.07 Å². The zero-order chi connectivity index (χ0) is 12.3. The molecule has 0 saturated carbocycles. The fourth-order valence-corrected chi connectivity index (χ4v) is 1.90. The Hall–Kier alpha value is -1.30. The largest absolute Gasteiger partial charge is 0.481 e. The summed E-state index contributed by atoms with van der Waals surface area (Å²) in [5, 5.41) is 17.1. The summed E-state index contributed by atoms with van der Waals surface area (Å²) in [7, 11) is 0. The molecule has 7 heteroatoms. The summed E-state index contributed by atoms with van der Waals surface area (Å²) < 4.78 is 25.4. The van der Waals surface area contributed by atoms with E-state index in [2.05, 4.69) is 4.98 Å². The third-order valence-electron chi connectivity index (χ3n) is 1.79. The van der Waals surface area contributed by atoms with Gasteiger partial charge in [0.2, 0.25) is 0 Å². The van der Waals surface area contributed by atoms with E-state index in [0.29, 0.717) is 0 Å². The maximum Gasteiger partial charge on any atom is 0.307 e. The molecule has 0 spiro atoms. The highest BCUT2D eigenvalue weighted by atomic mass is 127. The van der Waals surface area contributed by atoms with Crippen molar-refractivity contribution >= 4 is 28.6 Å². The van der Waals surface area contributed by atoms with E-state index in [9.17, 15) is 13.6 Å².